The van der Waals surface area contributed by atoms with E-state index in [9.17, 15) is 14.0 Å². The minimum Gasteiger partial charge on any atom is -0.493 e. The summed E-state index contributed by atoms with van der Waals surface area (Å²) in [4.78, 5) is 28.2. The summed E-state index contributed by atoms with van der Waals surface area (Å²) in [5, 5.41) is 3.14. The van der Waals surface area contributed by atoms with E-state index in [-0.39, 0.29) is 36.6 Å². The van der Waals surface area contributed by atoms with E-state index in [0.29, 0.717) is 24.3 Å². The highest BCUT2D eigenvalue weighted by molar-refractivity contribution is 5.88. The predicted molar refractivity (Wildman–Crippen MR) is 129 cm³/mol. The molecule has 0 radical (unpaired) electrons. The third-order valence-electron chi connectivity index (χ3n) is 6.43. The maximum absolute atomic E-state index is 13.4. The number of hydrogen-bond donors (Lipinski definition) is 1. The fourth-order valence-corrected chi connectivity index (χ4v) is 4.50. The summed E-state index contributed by atoms with van der Waals surface area (Å²) in [6, 6.07) is 11.3. The van der Waals surface area contributed by atoms with Crippen molar-refractivity contribution in [2.24, 2.45) is 0 Å². The van der Waals surface area contributed by atoms with Crippen LogP contribution in [0, 0.1) is 5.82 Å². The van der Waals surface area contributed by atoms with Crippen LogP contribution in [-0.4, -0.2) is 43.0 Å². The van der Waals surface area contributed by atoms with Crippen LogP contribution in [0.15, 0.2) is 42.5 Å². The van der Waals surface area contributed by atoms with Gasteiger partial charge < -0.3 is 19.7 Å². The fourth-order valence-electron chi connectivity index (χ4n) is 4.50. The lowest BCUT2D eigenvalue weighted by atomic mass is 10.0. The molecule has 34 heavy (non-hydrogen) atoms. The molecule has 0 bridgehead atoms. The average molecular weight is 471 g/mol. The molecule has 1 aliphatic rings. The molecule has 3 rings (SSSR count). The van der Waals surface area contributed by atoms with Gasteiger partial charge in [0.15, 0.2) is 11.5 Å². The highest BCUT2D eigenvalue weighted by Gasteiger charge is 2.30. The summed E-state index contributed by atoms with van der Waals surface area (Å²) in [5.74, 6) is 0.674. The zero-order valence-electron chi connectivity index (χ0n) is 20.3. The van der Waals surface area contributed by atoms with Crippen molar-refractivity contribution in [3.63, 3.8) is 0 Å². The number of rotatable bonds is 11. The topological polar surface area (TPSA) is 67.9 Å². The second-order valence-electron chi connectivity index (χ2n) is 8.75. The van der Waals surface area contributed by atoms with Crippen LogP contribution in [0.25, 0.3) is 0 Å². The van der Waals surface area contributed by atoms with Crippen molar-refractivity contribution in [1.29, 1.82) is 0 Å². The lowest BCUT2D eigenvalue weighted by molar-refractivity contribution is -0.141. The normalized spacial score (nSPS) is 14.5. The van der Waals surface area contributed by atoms with E-state index in [1.54, 1.807) is 31.3 Å². The molecule has 7 heteroatoms. The fraction of sp³-hybridized carbons (Fsp3) is 0.481. The van der Waals surface area contributed by atoms with Gasteiger partial charge in [-0.15, -0.1) is 0 Å². The largest absolute Gasteiger partial charge is 0.493 e. The van der Waals surface area contributed by atoms with E-state index >= 15 is 0 Å². The number of nitrogens with one attached hydrogen (secondary N) is 1. The lowest BCUT2D eigenvalue weighted by Crippen LogP contribution is -2.51. The smallest absolute Gasteiger partial charge is 0.243 e. The van der Waals surface area contributed by atoms with Gasteiger partial charge in [-0.25, -0.2) is 4.39 Å². The quantitative estimate of drug-likeness (QED) is 0.520. The minimum atomic E-state index is -0.580. The standard InChI is InChI=1S/C27H35FN2O4/c1-4-23(27(32)29-22-7-5-6-8-22)30(18-20-9-13-21(28)14-10-20)26(31)16-12-19-11-15-24(33-2)25(17-19)34-3/h9-11,13-15,17,22-23H,4-8,12,16,18H2,1-3H3,(H,29,32)/t23-/m1/s1. The van der Waals surface area contributed by atoms with E-state index in [2.05, 4.69) is 5.32 Å². The van der Waals surface area contributed by atoms with Gasteiger partial charge in [0.2, 0.25) is 11.8 Å². The van der Waals surface area contributed by atoms with Crippen LogP contribution in [0.2, 0.25) is 0 Å². The number of amides is 2. The molecule has 1 saturated carbocycles. The molecule has 0 aromatic heterocycles. The molecule has 184 valence electrons. The monoisotopic (exact) mass is 470 g/mol. The molecule has 0 heterocycles. The van der Waals surface area contributed by atoms with Gasteiger partial charge in [0.1, 0.15) is 11.9 Å². The molecule has 0 unspecified atom stereocenters. The van der Waals surface area contributed by atoms with Crippen LogP contribution >= 0.6 is 0 Å². The number of benzene rings is 2. The van der Waals surface area contributed by atoms with Crippen LogP contribution in [0.1, 0.15) is 56.6 Å². The van der Waals surface area contributed by atoms with Gasteiger partial charge in [-0.3, -0.25) is 9.59 Å². The highest BCUT2D eigenvalue weighted by Crippen LogP contribution is 2.28. The Bertz CT molecular complexity index is 958. The number of nitrogens with zero attached hydrogens (tertiary/aromatic N) is 1. The maximum atomic E-state index is 13.4. The van der Waals surface area contributed by atoms with Gasteiger partial charge in [0, 0.05) is 19.0 Å². The van der Waals surface area contributed by atoms with Gasteiger partial charge in [-0.2, -0.15) is 0 Å². The molecule has 2 amide bonds. The molecule has 0 aliphatic heterocycles. The Morgan fingerprint density at radius 2 is 1.68 bits per heavy atom. The highest BCUT2D eigenvalue weighted by atomic mass is 19.1. The zero-order valence-corrected chi connectivity index (χ0v) is 20.3. The van der Waals surface area contributed by atoms with Crippen molar-refractivity contribution >= 4 is 11.8 Å². The number of ether oxygens (including phenoxy) is 2. The first-order chi connectivity index (χ1) is 16.4. The first-order valence-corrected chi connectivity index (χ1v) is 12.0. The van der Waals surface area contributed by atoms with Gasteiger partial charge in [0.25, 0.3) is 0 Å². The third-order valence-corrected chi connectivity index (χ3v) is 6.43. The van der Waals surface area contributed by atoms with Crippen LogP contribution < -0.4 is 14.8 Å². The molecular weight excluding hydrogens is 435 g/mol. The van der Waals surface area contributed by atoms with Crippen molar-refractivity contribution < 1.29 is 23.5 Å². The number of halogens is 1. The second-order valence-corrected chi connectivity index (χ2v) is 8.75. The summed E-state index contributed by atoms with van der Waals surface area (Å²) in [5.41, 5.74) is 1.73. The van der Waals surface area contributed by atoms with Crippen molar-refractivity contribution in [2.45, 2.75) is 70.5 Å². The molecule has 1 atom stereocenters. The number of carbonyl (C=O) groups is 2. The molecule has 6 nitrogen and oxygen atoms in total. The molecule has 1 fully saturated rings. The number of methoxy groups -OCH3 is 2. The molecule has 2 aromatic rings. The van der Waals surface area contributed by atoms with Crippen LogP contribution in [0.3, 0.4) is 0 Å². The Morgan fingerprint density at radius 1 is 1.03 bits per heavy atom. The van der Waals surface area contributed by atoms with Crippen LogP contribution in [0.5, 0.6) is 11.5 Å². The first kappa shape index (κ1) is 25.5. The van der Waals surface area contributed by atoms with Crippen molar-refractivity contribution in [1.82, 2.24) is 10.2 Å². The molecule has 0 saturated heterocycles. The molecule has 0 spiro atoms. The van der Waals surface area contributed by atoms with E-state index in [1.807, 2.05) is 25.1 Å². The average Bonchev–Trinajstić information content (AvgIpc) is 3.36. The lowest BCUT2D eigenvalue weighted by Gasteiger charge is -2.31. The van der Waals surface area contributed by atoms with Gasteiger partial charge in [-0.05, 0) is 61.1 Å². The van der Waals surface area contributed by atoms with Gasteiger partial charge in [-0.1, -0.05) is 38.0 Å². The van der Waals surface area contributed by atoms with Gasteiger partial charge in [0.05, 0.1) is 14.2 Å². The number of carbonyl (C=O) groups excluding carboxylic acids is 2. The summed E-state index contributed by atoms with van der Waals surface area (Å²) in [7, 11) is 3.15. The van der Waals surface area contributed by atoms with Crippen molar-refractivity contribution in [2.75, 3.05) is 14.2 Å². The molecule has 2 aromatic carbocycles. The van der Waals surface area contributed by atoms with E-state index < -0.39 is 6.04 Å². The maximum Gasteiger partial charge on any atom is 0.243 e. The molecule has 1 aliphatic carbocycles. The summed E-state index contributed by atoms with van der Waals surface area (Å²) >= 11 is 0. The summed E-state index contributed by atoms with van der Waals surface area (Å²) in [6.45, 7) is 2.17. The number of hydrogen-bond acceptors (Lipinski definition) is 4. The second kappa shape index (κ2) is 12.4. The van der Waals surface area contributed by atoms with E-state index in [4.69, 9.17) is 9.47 Å². The molecule has 1 N–H and O–H groups in total. The molecular formula is C27H35FN2O4. The minimum absolute atomic E-state index is 0.115. The summed E-state index contributed by atoms with van der Waals surface area (Å²) in [6.07, 6.45) is 5.43. The number of aryl methyl sites for hydroxylation is 1. The Labute approximate surface area is 201 Å². The van der Waals surface area contributed by atoms with Crippen molar-refractivity contribution in [3.8, 4) is 11.5 Å². The van der Waals surface area contributed by atoms with E-state index in [1.165, 1.54) is 12.1 Å². The third kappa shape index (κ3) is 6.72. The Balaban J connectivity index is 1.76. The first-order valence-electron chi connectivity index (χ1n) is 12.0. The SMILES string of the molecule is CC[C@H](C(=O)NC1CCCC1)N(Cc1ccc(F)cc1)C(=O)CCc1ccc(OC)c(OC)c1. The predicted octanol–water partition coefficient (Wildman–Crippen LogP) is 4.64. The van der Waals surface area contributed by atoms with Crippen LogP contribution in [0.4, 0.5) is 4.39 Å². The van der Waals surface area contributed by atoms with Crippen LogP contribution in [-0.2, 0) is 22.6 Å². The Kier molecular flexibility index (Phi) is 9.31. The van der Waals surface area contributed by atoms with E-state index in [0.717, 1.165) is 36.8 Å². The zero-order chi connectivity index (χ0) is 24.5. The Morgan fingerprint density at radius 3 is 2.29 bits per heavy atom. The van der Waals surface area contributed by atoms with Gasteiger partial charge >= 0.3 is 0 Å². The van der Waals surface area contributed by atoms with Crippen molar-refractivity contribution in [3.05, 3.63) is 59.4 Å². The summed E-state index contributed by atoms with van der Waals surface area (Å²) < 4.78 is 24.1. The Hall–Kier alpha value is -3.09.